The minimum Gasteiger partial charge on any atom is -0.327 e. The van der Waals surface area contributed by atoms with E-state index in [4.69, 9.17) is 5.73 Å². The number of H-pyrrole nitrogens is 1. The van der Waals surface area contributed by atoms with Gasteiger partial charge in [0.2, 0.25) is 0 Å². The van der Waals surface area contributed by atoms with Crippen molar-refractivity contribution in [2.45, 2.75) is 25.3 Å². The van der Waals surface area contributed by atoms with Crippen LogP contribution >= 0.6 is 24.8 Å². The van der Waals surface area contributed by atoms with Crippen LogP contribution in [0.1, 0.15) is 17.7 Å². The number of fused-ring (bicyclic) bond motifs is 1. The van der Waals surface area contributed by atoms with Gasteiger partial charge in [0.05, 0.1) is 6.20 Å². The van der Waals surface area contributed by atoms with E-state index in [0.717, 1.165) is 19.3 Å². The lowest BCUT2D eigenvalue weighted by Crippen LogP contribution is -2.27. The first kappa shape index (κ1) is 11.8. The van der Waals surface area contributed by atoms with Gasteiger partial charge in [-0.15, -0.1) is 24.8 Å². The molecule has 1 unspecified atom stereocenters. The third kappa shape index (κ3) is 2.12. The molecule has 1 aliphatic carbocycles. The van der Waals surface area contributed by atoms with Crippen molar-refractivity contribution in [2.75, 3.05) is 0 Å². The summed E-state index contributed by atoms with van der Waals surface area (Å²) in [5.41, 5.74) is 8.34. The van der Waals surface area contributed by atoms with E-state index in [1.165, 1.54) is 11.3 Å². The van der Waals surface area contributed by atoms with Gasteiger partial charge in [0, 0.05) is 18.2 Å². The zero-order chi connectivity index (χ0) is 6.97. The van der Waals surface area contributed by atoms with Gasteiger partial charge in [-0.3, -0.25) is 5.10 Å². The van der Waals surface area contributed by atoms with Crippen LogP contribution in [0.3, 0.4) is 0 Å². The molecule has 0 spiro atoms. The van der Waals surface area contributed by atoms with Crippen LogP contribution in [0, 0.1) is 0 Å². The van der Waals surface area contributed by atoms with Crippen molar-refractivity contribution in [2.24, 2.45) is 5.73 Å². The van der Waals surface area contributed by atoms with Gasteiger partial charge in [0.25, 0.3) is 0 Å². The molecule has 2 rings (SSSR count). The van der Waals surface area contributed by atoms with Gasteiger partial charge >= 0.3 is 0 Å². The number of rotatable bonds is 0. The Morgan fingerprint density at radius 2 is 2.25 bits per heavy atom. The van der Waals surface area contributed by atoms with Crippen molar-refractivity contribution in [3.8, 4) is 0 Å². The summed E-state index contributed by atoms with van der Waals surface area (Å²) < 4.78 is 0. The van der Waals surface area contributed by atoms with E-state index >= 15 is 0 Å². The van der Waals surface area contributed by atoms with Gasteiger partial charge in [-0.2, -0.15) is 5.10 Å². The minimum atomic E-state index is 0. The van der Waals surface area contributed by atoms with Gasteiger partial charge in [0.1, 0.15) is 0 Å². The number of hydrogen-bond donors (Lipinski definition) is 2. The molecule has 1 aliphatic rings. The number of nitrogens with two attached hydrogens (primary N) is 1. The number of aryl methyl sites for hydroxylation is 1. The Bertz CT molecular complexity index is 236. The fourth-order valence-electron chi connectivity index (χ4n) is 1.44. The van der Waals surface area contributed by atoms with Crippen LogP contribution in [0.2, 0.25) is 0 Å². The van der Waals surface area contributed by atoms with Crippen molar-refractivity contribution in [1.29, 1.82) is 0 Å². The van der Waals surface area contributed by atoms with E-state index < -0.39 is 0 Å². The largest absolute Gasteiger partial charge is 0.327 e. The highest BCUT2D eigenvalue weighted by Crippen LogP contribution is 2.16. The lowest BCUT2D eigenvalue weighted by molar-refractivity contribution is 0.569. The molecule has 0 bridgehead atoms. The molecule has 70 valence electrons. The smallest absolute Gasteiger partial charge is 0.0522 e. The van der Waals surface area contributed by atoms with E-state index in [9.17, 15) is 0 Å². The van der Waals surface area contributed by atoms with Crippen molar-refractivity contribution < 1.29 is 0 Å². The summed E-state index contributed by atoms with van der Waals surface area (Å²) in [6.45, 7) is 0. The van der Waals surface area contributed by atoms with Gasteiger partial charge in [-0.1, -0.05) is 0 Å². The second-order valence-electron chi connectivity index (χ2n) is 2.88. The first-order chi connectivity index (χ1) is 4.86. The molecule has 12 heavy (non-hydrogen) atoms. The highest BCUT2D eigenvalue weighted by Gasteiger charge is 2.15. The van der Waals surface area contributed by atoms with E-state index in [1.54, 1.807) is 0 Å². The maximum atomic E-state index is 5.76. The second-order valence-corrected chi connectivity index (χ2v) is 2.88. The Labute approximate surface area is 83.9 Å². The summed E-state index contributed by atoms with van der Waals surface area (Å²) in [6, 6.07) is 0.341. The van der Waals surface area contributed by atoms with Gasteiger partial charge in [0.15, 0.2) is 0 Å². The molecule has 1 aromatic rings. The summed E-state index contributed by atoms with van der Waals surface area (Å²) in [4.78, 5) is 0. The van der Waals surface area contributed by atoms with E-state index in [0.29, 0.717) is 6.04 Å². The average Bonchev–Trinajstić information content (AvgIpc) is 2.33. The molecule has 1 atom stereocenters. The molecular formula is C7H13Cl2N3. The number of aromatic nitrogens is 2. The minimum absolute atomic E-state index is 0. The maximum Gasteiger partial charge on any atom is 0.0522 e. The third-order valence-electron chi connectivity index (χ3n) is 2.06. The standard InChI is InChI=1S/C7H11N3.2ClH/c8-6-2-1-5-4-9-10-7(5)3-6;;/h4,6H,1-3,8H2,(H,9,10);2*1H. The fraction of sp³-hybridized carbons (Fsp3) is 0.571. The number of nitrogens with one attached hydrogen (secondary N) is 1. The zero-order valence-corrected chi connectivity index (χ0v) is 8.25. The lowest BCUT2D eigenvalue weighted by atomic mass is 9.95. The van der Waals surface area contributed by atoms with Gasteiger partial charge in [-0.25, -0.2) is 0 Å². The molecule has 5 heteroatoms. The first-order valence-electron chi connectivity index (χ1n) is 3.63. The predicted octanol–water partition coefficient (Wildman–Crippen LogP) is 1.07. The SMILES string of the molecule is Cl.Cl.NC1CCc2cn[nH]c2C1. The highest BCUT2D eigenvalue weighted by molar-refractivity contribution is 5.85. The molecule has 0 amide bonds. The summed E-state index contributed by atoms with van der Waals surface area (Å²) >= 11 is 0. The van der Waals surface area contributed by atoms with Crippen LogP contribution in [-0.4, -0.2) is 16.2 Å². The van der Waals surface area contributed by atoms with Gasteiger partial charge < -0.3 is 5.73 Å². The van der Waals surface area contributed by atoms with Crippen molar-refractivity contribution in [3.63, 3.8) is 0 Å². The molecule has 0 saturated heterocycles. The monoisotopic (exact) mass is 209 g/mol. The predicted molar refractivity (Wildman–Crippen MR) is 53.1 cm³/mol. The summed E-state index contributed by atoms with van der Waals surface area (Å²) in [6.07, 6.45) is 5.07. The second kappa shape index (κ2) is 4.70. The number of halogens is 2. The van der Waals surface area contributed by atoms with Crippen LogP contribution in [0.25, 0.3) is 0 Å². The van der Waals surface area contributed by atoms with Crippen LogP contribution in [0.15, 0.2) is 6.20 Å². The number of hydrogen-bond acceptors (Lipinski definition) is 2. The molecule has 1 heterocycles. The molecule has 0 radical (unpaired) electrons. The Hall–Kier alpha value is -0.250. The van der Waals surface area contributed by atoms with Crippen LogP contribution < -0.4 is 5.73 Å². The Morgan fingerprint density at radius 1 is 1.50 bits per heavy atom. The lowest BCUT2D eigenvalue weighted by Gasteiger charge is -2.16. The van der Waals surface area contributed by atoms with Crippen molar-refractivity contribution >= 4 is 24.8 Å². The van der Waals surface area contributed by atoms with E-state index in [1.807, 2.05) is 6.20 Å². The van der Waals surface area contributed by atoms with Gasteiger partial charge in [-0.05, 0) is 18.4 Å². The fourth-order valence-corrected chi connectivity index (χ4v) is 1.44. The summed E-state index contributed by atoms with van der Waals surface area (Å²) in [7, 11) is 0. The Balaban J connectivity index is 0.000000605. The van der Waals surface area contributed by atoms with Crippen molar-refractivity contribution in [3.05, 3.63) is 17.5 Å². The topological polar surface area (TPSA) is 54.7 Å². The molecular weight excluding hydrogens is 197 g/mol. The zero-order valence-electron chi connectivity index (χ0n) is 6.62. The molecule has 0 aromatic carbocycles. The highest BCUT2D eigenvalue weighted by atomic mass is 35.5. The normalized spacial score (nSPS) is 20.2. The number of aromatic amines is 1. The van der Waals surface area contributed by atoms with E-state index in [2.05, 4.69) is 10.2 Å². The Kier molecular flexibility index (Phi) is 4.60. The Morgan fingerprint density at radius 3 is 3.00 bits per heavy atom. The third-order valence-corrected chi connectivity index (χ3v) is 2.06. The number of nitrogens with zero attached hydrogens (tertiary/aromatic N) is 1. The van der Waals surface area contributed by atoms with Crippen LogP contribution in [0.5, 0.6) is 0 Å². The average molecular weight is 210 g/mol. The molecule has 0 saturated carbocycles. The van der Waals surface area contributed by atoms with Crippen molar-refractivity contribution in [1.82, 2.24) is 10.2 Å². The molecule has 0 fully saturated rings. The first-order valence-corrected chi connectivity index (χ1v) is 3.63. The summed E-state index contributed by atoms with van der Waals surface area (Å²) in [5, 5.41) is 6.92. The van der Waals surface area contributed by atoms with Crippen LogP contribution in [0.4, 0.5) is 0 Å². The molecule has 1 aromatic heterocycles. The molecule has 3 N–H and O–H groups in total. The molecule has 0 aliphatic heterocycles. The van der Waals surface area contributed by atoms with E-state index in [-0.39, 0.29) is 24.8 Å². The van der Waals surface area contributed by atoms with Crippen LogP contribution in [-0.2, 0) is 12.8 Å². The summed E-state index contributed by atoms with van der Waals surface area (Å²) in [5.74, 6) is 0. The quantitative estimate of drug-likeness (QED) is 0.672. The molecule has 3 nitrogen and oxygen atoms in total. The maximum absolute atomic E-state index is 5.76.